The van der Waals surface area contributed by atoms with Crippen LogP contribution in [0.25, 0.3) is 0 Å². The molecule has 1 atom stereocenters. The van der Waals surface area contributed by atoms with E-state index in [0.717, 1.165) is 0 Å². The van der Waals surface area contributed by atoms with E-state index in [2.05, 4.69) is 0 Å². The lowest BCUT2D eigenvalue weighted by Gasteiger charge is -2.07. The van der Waals surface area contributed by atoms with Crippen LogP contribution in [-0.4, -0.2) is 11.6 Å². The fourth-order valence-electron chi connectivity index (χ4n) is 1.42. The summed E-state index contributed by atoms with van der Waals surface area (Å²) in [5, 5.41) is 0. The van der Waals surface area contributed by atoms with Gasteiger partial charge in [-0.3, -0.25) is 4.79 Å². The predicted molar refractivity (Wildman–Crippen MR) is 55.2 cm³/mol. The van der Waals surface area contributed by atoms with E-state index in [0.29, 0.717) is 5.56 Å². The Hall–Kier alpha value is -1.51. The Kier molecular flexibility index (Phi) is 3.72. The summed E-state index contributed by atoms with van der Waals surface area (Å²) in [6.07, 6.45) is 0.232. The zero-order chi connectivity index (χ0) is 11.4. The van der Waals surface area contributed by atoms with Crippen molar-refractivity contribution in [3.05, 3.63) is 35.6 Å². The van der Waals surface area contributed by atoms with E-state index in [1.807, 2.05) is 0 Å². The molecule has 1 unspecified atom stereocenters. The lowest BCUT2D eigenvalue weighted by molar-refractivity contribution is -0.117. The van der Waals surface area contributed by atoms with Gasteiger partial charge in [-0.2, -0.15) is 0 Å². The SMILES string of the molecule is CC(=O)CC(C)C(=O)c1ccc(F)cc1. The Bertz CT molecular complexity index is 368. The second kappa shape index (κ2) is 4.82. The first kappa shape index (κ1) is 11.6. The van der Waals surface area contributed by atoms with Gasteiger partial charge in [-0.25, -0.2) is 4.39 Å². The summed E-state index contributed by atoms with van der Waals surface area (Å²) in [5.74, 6) is -0.845. The molecule has 0 bridgehead atoms. The summed E-state index contributed by atoms with van der Waals surface area (Å²) in [5.41, 5.74) is 0.449. The number of rotatable bonds is 4. The topological polar surface area (TPSA) is 34.1 Å². The Morgan fingerprint density at radius 3 is 2.27 bits per heavy atom. The van der Waals surface area contributed by atoms with Crippen LogP contribution in [0.4, 0.5) is 4.39 Å². The first-order valence-corrected chi connectivity index (χ1v) is 4.80. The van der Waals surface area contributed by atoms with Crippen LogP contribution in [0.1, 0.15) is 30.6 Å². The zero-order valence-corrected chi connectivity index (χ0v) is 8.79. The molecule has 0 saturated carbocycles. The smallest absolute Gasteiger partial charge is 0.166 e. The number of ketones is 2. The van der Waals surface area contributed by atoms with Crippen molar-refractivity contribution in [2.45, 2.75) is 20.3 Å². The lowest BCUT2D eigenvalue weighted by Crippen LogP contribution is -2.14. The highest BCUT2D eigenvalue weighted by atomic mass is 19.1. The first-order valence-electron chi connectivity index (χ1n) is 4.80. The van der Waals surface area contributed by atoms with E-state index in [4.69, 9.17) is 0 Å². The van der Waals surface area contributed by atoms with Gasteiger partial charge in [0.2, 0.25) is 0 Å². The van der Waals surface area contributed by atoms with E-state index < -0.39 is 0 Å². The maximum atomic E-state index is 12.6. The van der Waals surface area contributed by atoms with Gasteiger partial charge in [-0.1, -0.05) is 6.92 Å². The molecule has 0 saturated heterocycles. The second-order valence-electron chi connectivity index (χ2n) is 3.68. The van der Waals surface area contributed by atoms with E-state index >= 15 is 0 Å². The van der Waals surface area contributed by atoms with Crippen molar-refractivity contribution in [3.8, 4) is 0 Å². The molecule has 1 aromatic carbocycles. The highest BCUT2D eigenvalue weighted by molar-refractivity contribution is 5.99. The maximum absolute atomic E-state index is 12.6. The molecular weight excluding hydrogens is 195 g/mol. The summed E-state index contributed by atoms with van der Waals surface area (Å²) in [6, 6.07) is 5.37. The molecule has 0 aliphatic rings. The fourth-order valence-corrected chi connectivity index (χ4v) is 1.42. The third-order valence-electron chi connectivity index (χ3n) is 2.17. The minimum absolute atomic E-state index is 0.0158. The molecule has 1 aromatic rings. The monoisotopic (exact) mass is 208 g/mol. The Labute approximate surface area is 88.1 Å². The first-order chi connectivity index (χ1) is 7.00. The van der Waals surface area contributed by atoms with E-state index in [1.165, 1.54) is 31.2 Å². The second-order valence-corrected chi connectivity index (χ2v) is 3.68. The molecule has 0 spiro atoms. The molecule has 0 aliphatic heterocycles. The van der Waals surface area contributed by atoms with Crippen LogP contribution in [-0.2, 0) is 4.79 Å². The van der Waals surface area contributed by atoms with Gasteiger partial charge in [-0.15, -0.1) is 0 Å². The molecule has 0 N–H and O–H groups in total. The molecule has 0 aliphatic carbocycles. The number of carbonyl (C=O) groups is 2. The molecule has 0 aromatic heterocycles. The maximum Gasteiger partial charge on any atom is 0.166 e. The van der Waals surface area contributed by atoms with Gasteiger partial charge in [0, 0.05) is 17.9 Å². The van der Waals surface area contributed by atoms with Gasteiger partial charge in [0.1, 0.15) is 11.6 Å². The minimum atomic E-state index is -0.370. The third-order valence-corrected chi connectivity index (χ3v) is 2.17. The van der Waals surface area contributed by atoms with Gasteiger partial charge in [0.15, 0.2) is 5.78 Å². The van der Waals surface area contributed by atoms with Crippen LogP contribution in [0.2, 0.25) is 0 Å². The molecule has 0 amide bonds. The predicted octanol–water partition coefficient (Wildman–Crippen LogP) is 2.62. The summed E-state index contributed by atoms with van der Waals surface area (Å²) in [6.45, 7) is 3.15. The van der Waals surface area contributed by atoms with Crippen LogP contribution < -0.4 is 0 Å². The zero-order valence-electron chi connectivity index (χ0n) is 8.79. The van der Waals surface area contributed by atoms with Crippen LogP contribution in [0, 0.1) is 11.7 Å². The van der Waals surface area contributed by atoms with E-state index in [-0.39, 0.29) is 29.7 Å². The highest BCUT2D eigenvalue weighted by Gasteiger charge is 2.16. The van der Waals surface area contributed by atoms with Gasteiger partial charge < -0.3 is 4.79 Å². The molecule has 0 radical (unpaired) electrons. The molecule has 15 heavy (non-hydrogen) atoms. The standard InChI is InChI=1S/C12H13FO2/c1-8(7-9(2)14)12(15)10-3-5-11(13)6-4-10/h3-6,8H,7H2,1-2H3. The van der Waals surface area contributed by atoms with Crippen molar-refractivity contribution < 1.29 is 14.0 Å². The van der Waals surface area contributed by atoms with Gasteiger partial charge in [0.05, 0.1) is 0 Å². The average Bonchev–Trinajstić information content (AvgIpc) is 2.17. The fraction of sp³-hybridized carbons (Fsp3) is 0.333. The Morgan fingerprint density at radius 2 is 1.80 bits per heavy atom. The van der Waals surface area contributed by atoms with Crippen molar-refractivity contribution in [1.29, 1.82) is 0 Å². The Balaban J connectivity index is 2.76. The molecule has 0 heterocycles. The number of halogens is 1. The Morgan fingerprint density at radius 1 is 1.27 bits per heavy atom. The molecule has 3 heteroatoms. The van der Waals surface area contributed by atoms with Crippen molar-refractivity contribution in [1.82, 2.24) is 0 Å². The largest absolute Gasteiger partial charge is 0.300 e. The lowest BCUT2D eigenvalue weighted by atomic mass is 9.95. The molecule has 0 fully saturated rings. The van der Waals surface area contributed by atoms with Gasteiger partial charge >= 0.3 is 0 Å². The third kappa shape index (κ3) is 3.27. The summed E-state index contributed by atoms with van der Waals surface area (Å²) >= 11 is 0. The quantitative estimate of drug-likeness (QED) is 0.713. The van der Waals surface area contributed by atoms with Crippen LogP contribution >= 0.6 is 0 Å². The summed E-state index contributed by atoms with van der Waals surface area (Å²) in [4.78, 5) is 22.5. The number of Topliss-reactive ketones (excluding diaryl/α,β-unsaturated/α-hetero) is 2. The van der Waals surface area contributed by atoms with Gasteiger partial charge in [0.25, 0.3) is 0 Å². The molecule has 2 nitrogen and oxygen atoms in total. The van der Waals surface area contributed by atoms with Crippen molar-refractivity contribution in [3.63, 3.8) is 0 Å². The molecule has 80 valence electrons. The summed E-state index contributed by atoms with van der Waals surface area (Å²) in [7, 11) is 0. The van der Waals surface area contributed by atoms with Gasteiger partial charge in [-0.05, 0) is 31.2 Å². The molecular formula is C12H13FO2. The van der Waals surface area contributed by atoms with Crippen molar-refractivity contribution in [2.75, 3.05) is 0 Å². The van der Waals surface area contributed by atoms with E-state index in [9.17, 15) is 14.0 Å². The number of carbonyl (C=O) groups excluding carboxylic acids is 2. The van der Waals surface area contributed by atoms with Crippen LogP contribution in [0.5, 0.6) is 0 Å². The van der Waals surface area contributed by atoms with Crippen molar-refractivity contribution in [2.24, 2.45) is 5.92 Å². The molecule has 1 rings (SSSR count). The van der Waals surface area contributed by atoms with E-state index in [1.54, 1.807) is 6.92 Å². The highest BCUT2D eigenvalue weighted by Crippen LogP contribution is 2.13. The average molecular weight is 208 g/mol. The number of hydrogen-bond acceptors (Lipinski definition) is 2. The van der Waals surface area contributed by atoms with Crippen LogP contribution in [0.3, 0.4) is 0 Å². The number of hydrogen-bond donors (Lipinski definition) is 0. The normalized spacial score (nSPS) is 12.2. The minimum Gasteiger partial charge on any atom is -0.300 e. The summed E-state index contributed by atoms with van der Waals surface area (Å²) < 4.78 is 12.6. The van der Waals surface area contributed by atoms with Crippen molar-refractivity contribution >= 4 is 11.6 Å². The number of benzene rings is 1. The van der Waals surface area contributed by atoms with Crippen LogP contribution in [0.15, 0.2) is 24.3 Å².